The second-order valence-corrected chi connectivity index (χ2v) is 7.31. The van der Waals surface area contributed by atoms with Crippen molar-refractivity contribution in [2.75, 3.05) is 20.8 Å². The molecule has 0 amide bonds. The Morgan fingerprint density at radius 2 is 2.23 bits per heavy atom. The topological polar surface area (TPSA) is 76.3 Å². The van der Waals surface area contributed by atoms with Crippen LogP contribution in [0.2, 0.25) is 0 Å². The van der Waals surface area contributed by atoms with E-state index in [1.165, 1.54) is 4.40 Å². The molecule has 3 atom stereocenters. The van der Waals surface area contributed by atoms with E-state index in [1.807, 2.05) is 0 Å². The first kappa shape index (κ1) is 17.5. The minimum absolute atomic E-state index is 0.0104. The maximum atomic E-state index is 12.4. The molecule has 1 aliphatic carbocycles. The zero-order valence-electron chi connectivity index (χ0n) is 15.2. The lowest BCUT2D eigenvalue weighted by Crippen LogP contribution is -2.51. The normalized spacial score (nSPS) is 29.2. The number of likely N-dealkylation sites (tertiary alicyclic amines) is 1. The molecule has 2 aromatic heterocycles. The smallest absolute Gasteiger partial charge is 0.258 e. The van der Waals surface area contributed by atoms with Crippen LogP contribution in [0, 0.1) is 0 Å². The first-order valence-electron chi connectivity index (χ1n) is 9.08. The Morgan fingerprint density at radius 3 is 3.00 bits per heavy atom. The Bertz CT molecular complexity index is 867. The van der Waals surface area contributed by atoms with Gasteiger partial charge in [0.1, 0.15) is 0 Å². The van der Waals surface area contributed by atoms with E-state index in [2.05, 4.69) is 9.88 Å². The van der Waals surface area contributed by atoms with Gasteiger partial charge in [-0.2, -0.15) is 0 Å². The number of methoxy groups -OCH3 is 2. The molecule has 0 spiro atoms. The highest BCUT2D eigenvalue weighted by atomic mass is 16.5. The molecule has 1 aliphatic heterocycles. The van der Waals surface area contributed by atoms with E-state index < -0.39 is 0 Å². The Kier molecular flexibility index (Phi) is 4.46. The number of nitrogens with zero attached hydrogens (tertiary/aromatic N) is 3. The van der Waals surface area contributed by atoms with Gasteiger partial charge in [-0.3, -0.25) is 14.1 Å². The fraction of sp³-hybridized carbons (Fsp3) is 0.579. The summed E-state index contributed by atoms with van der Waals surface area (Å²) in [4.78, 5) is 19.2. The molecule has 140 valence electrons. The summed E-state index contributed by atoms with van der Waals surface area (Å²) < 4.78 is 12.9. The van der Waals surface area contributed by atoms with Crippen LogP contribution < -0.4 is 5.56 Å². The average Bonchev–Trinajstić information content (AvgIpc) is 3.01. The fourth-order valence-corrected chi connectivity index (χ4v) is 4.61. The number of aromatic nitrogens is 2. The van der Waals surface area contributed by atoms with Gasteiger partial charge in [-0.25, -0.2) is 4.98 Å². The summed E-state index contributed by atoms with van der Waals surface area (Å²) in [5.41, 5.74) is 0.647. The number of pyridine rings is 1. The molecular formula is C19H25N3O4. The molecule has 0 aromatic carbocycles. The van der Waals surface area contributed by atoms with Crippen LogP contribution in [0.3, 0.4) is 0 Å². The standard InChI is InChI=1S/C19H25N3O4/c1-25-14-5-6-19(26-2)7-9-21(16(19)11-14)12-13-10-17(24)22-8-3-4-15(23)18(22)20-13/h3-4,8,10,14,16,23H,5-7,9,11-12H2,1-2H3/t14-,16+,19-/m0/s1. The Hall–Kier alpha value is -1.96. The maximum absolute atomic E-state index is 12.4. The van der Waals surface area contributed by atoms with Crippen LogP contribution in [0.5, 0.6) is 5.75 Å². The largest absolute Gasteiger partial charge is 0.504 e. The highest BCUT2D eigenvalue weighted by Crippen LogP contribution is 2.43. The molecule has 0 radical (unpaired) electrons. The highest BCUT2D eigenvalue weighted by molar-refractivity contribution is 5.52. The van der Waals surface area contributed by atoms with Crippen molar-refractivity contribution in [2.24, 2.45) is 0 Å². The minimum Gasteiger partial charge on any atom is -0.504 e. The molecule has 4 rings (SSSR count). The molecule has 1 saturated heterocycles. The molecule has 7 nitrogen and oxygen atoms in total. The number of hydrogen-bond acceptors (Lipinski definition) is 6. The summed E-state index contributed by atoms with van der Waals surface area (Å²) in [5, 5.41) is 10.0. The van der Waals surface area contributed by atoms with Crippen LogP contribution in [0.1, 0.15) is 31.4 Å². The average molecular weight is 359 g/mol. The predicted octanol–water partition coefficient (Wildman–Crippen LogP) is 1.56. The molecule has 1 saturated carbocycles. The van der Waals surface area contributed by atoms with Crippen LogP contribution in [0.4, 0.5) is 0 Å². The van der Waals surface area contributed by atoms with Crippen molar-refractivity contribution in [1.82, 2.24) is 14.3 Å². The Morgan fingerprint density at radius 1 is 1.38 bits per heavy atom. The van der Waals surface area contributed by atoms with Crippen LogP contribution in [-0.2, 0) is 16.0 Å². The number of aromatic hydroxyl groups is 1. The third-order valence-electron chi connectivity index (χ3n) is 6.07. The fourth-order valence-electron chi connectivity index (χ4n) is 4.61. The van der Waals surface area contributed by atoms with Crippen molar-refractivity contribution in [2.45, 2.75) is 50.0 Å². The molecule has 2 aliphatic rings. The van der Waals surface area contributed by atoms with Gasteiger partial charge in [0, 0.05) is 45.6 Å². The second kappa shape index (κ2) is 6.64. The van der Waals surface area contributed by atoms with E-state index in [4.69, 9.17) is 9.47 Å². The van der Waals surface area contributed by atoms with Crippen molar-refractivity contribution in [3.05, 3.63) is 40.4 Å². The molecular weight excluding hydrogens is 334 g/mol. The van der Waals surface area contributed by atoms with Crippen LogP contribution >= 0.6 is 0 Å². The number of rotatable bonds is 4. The first-order chi connectivity index (χ1) is 12.6. The van der Waals surface area contributed by atoms with Gasteiger partial charge in [-0.15, -0.1) is 0 Å². The lowest BCUT2D eigenvalue weighted by molar-refractivity contribution is -0.0948. The zero-order valence-corrected chi connectivity index (χ0v) is 15.2. The van der Waals surface area contributed by atoms with Crippen LogP contribution in [0.15, 0.2) is 29.2 Å². The third-order valence-corrected chi connectivity index (χ3v) is 6.07. The van der Waals surface area contributed by atoms with Crippen molar-refractivity contribution in [1.29, 1.82) is 0 Å². The number of ether oxygens (including phenoxy) is 2. The van der Waals surface area contributed by atoms with Gasteiger partial charge in [0.25, 0.3) is 5.56 Å². The predicted molar refractivity (Wildman–Crippen MR) is 96.3 cm³/mol. The summed E-state index contributed by atoms with van der Waals surface area (Å²) >= 11 is 0. The molecule has 0 bridgehead atoms. The molecule has 0 unspecified atom stereocenters. The minimum atomic E-state index is -0.184. The van der Waals surface area contributed by atoms with Crippen molar-refractivity contribution in [3.63, 3.8) is 0 Å². The summed E-state index contributed by atoms with van der Waals surface area (Å²) in [6, 6.07) is 4.97. The lowest BCUT2D eigenvalue weighted by atomic mass is 9.79. The van der Waals surface area contributed by atoms with E-state index in [-0.39, 0.29) is 29.1 Å². The van der Waals surface area contributed by atoms with Gasteiger partial charge in [0.2, 0.25) is 0 Å². The van der Waals surface area contributed by atoms with E-state index in [9.17, 15) is 9.90 Å². The molecule has 3 heterocycles. The molecule has 7 heteroatoms. The Balaban J connectivity index is 1.64. The number of hydrogen-bond donors (Lipinski definition) is 1. The van der Waals surface area contributed by atoms with Crippen molar-refractivity contribution >= 4 is 5.65 Å². The van der Waals surface area contributed by atoms with Crippen LogP contribution in [-0.4, -0.2) is 57.9 Å². The van der Waals surface area contributed by atoms with Crippen molar-refractivity contribution in [3.8, 4) is 5.75 Å². The van der Waals surface area contributed by atoms with E-state index in [0.29, 0.717) is 17.9 Å². The van der Waals surface area contributed by atoms with Crippen molar-refractivity contribution < 1.29 is 14.6 Å². The second-order valence-electron chi connectivity index (χ2n) is 7.31. The summed E-state index contributed by atoms with van der Waals surface area (Å²) in [6.45, 7) is 1.46. The van der Waals surface area contributed by atoms with Gasteiger partial charge in [-0.05, 0) is 37.8 Å². The quantitative estimate of drug-likeness (QED) is 0.893. The Labute approximate surface area is 152 Å². The van der Waals surface area contributed by atoms with Gasteiger partial charge in [0.15, 0.2) is 11.4 Å². The summed E-state index contributed by atoms with van der Waals surface area (Å²) in [6.07, 6.45) is 5.74. The summed E-state index contributed by atoms with van der Waals surface area (Å²) in [7, 11) is 3.56. The SMILES string of the molecule is CO[C@H]1CC[C@]2(OC)CCN(Cc3cc(=O)n4cccc(O)c4n3)[C@@H]2C1. The molecule has 1 N–H and O–H groups in total. The van der Waals surface area contributed by atoms with E-state index in [0.717, 1.165) is 32.2 Å². The number of fused-ring (bicyclic) bond motifs is 2. The highest BCUT2D eigenvalue weighted by Gasteiger charge is 2.51. The van der Waals surface area contributed by atoms with Gasteiger partial charge in [-0.1, -0.05) is 0 Å². The maximum Gasteiger partial charge on any atom is 0.258 e. The monoisotopic (exact) mass is 359 g/mol. The molecule has 26 heavy (non-hydrogen) atoms. The first-order valence-corrected chi connectivity index (χ1v) is 9.08. The third kappa shape index (κ3) is 2.80. The molecule has 2 fully saturated rings. The molecule has 2 aromatic rings. The summed E-state index contributed by atoms with van der Waals surface area (Å²) in [5.74, 6) is 0.0104. The lowest BCUT2D eigenvalue weighted by Gasteiger charge is -2.43. The van der Waals surface area contributed by atoms with E-state index >= 15 is 0 Å². The van der Waals surface area contributed by atoms with E-state index in [1.54, 1.807) is 38.6 Å². The zero-order chi connectivity index (χ0) is 18.3. The van der Waals surface area contributed by atoms with Crippen LogP contribution in [0.25, 0.3) is 5.65 Å². The van der Waals surface area contributed by atoms with Gasteiger partial charge >= 0.3 is 0 Å². The van der Waals surface area contributed by atoms with Gasteiger partial charge < -0.3 is 14.6 Å². The van der Waals surface area contributed by atoms with Gasteiger partial charge in [0.05, 0.1) is 17.4 Å².